The SMILES string of the molecule is Cc1cc(C(=O)NC[C@H]2[C@H]3CN(C(=O)Cc4cccnc4)C[C@]34CC[C@H]2O4)c(C)o1. The maximum atomic E-state index is 12.9. The second kappa shape index (κ2) is 7.23. The van der Waals surface area contributed by atoms with E-state index >= 15 is 0 Å². The summed E-state index contributed by atoms with van der Waals surface area (Å²) < 4.78 is 11.9. The van der Waals surface area contributed by atoms with Crippen LogP contribution in [0.25, 0.3) is 0 Å². The summed E-state index contributed by atoms with van der Waals surface area (Å²) in [5, 5.41) is 3.08. The summed E-state index contributed by atoms with van der Waals surface area (Å²) in [5.41, 5.74) is 1.27. The highest BCUT2D eigenvalue weighted by molar-refractivity contribution is 5.95. The van der Waals surface area contributed by atoms with Crippen LogP contribution in [-0.2, 0) is 16.0 Å². The van der Waals surface area contributed by atoms with Gasteiger partial charge in [-0.3, -0.25) is 14.6 Å². The first-order chi connectivity index (χ1) is 14.4. The fourth-order valence-electron chi connectivity index (χ4n) is 5.60. The fraction of sp³-hybridized carbons (Fsp3) is 0.522. The number of aryl methyl sites for hydroxylation is 2. The Morgan fingerprint density at radius 2 is 2.23 bits per heavy atom. The summed E-state index contributed by atoms with van der Waals surface area (Å²) in [6.45, 7) is 5.55. The highest BCUT2D eigenvalue weighted by atomic mass is 16.5. The van der Waals surface area contributed by atoms with E-state index in [9.17, 15) is 9.59 Å². The van der Waals surface area contributed by atoms with Gasteiger partial charge in [0.05, 0.1) is 30.2 Å². The maximum absolute atomic E-state index is 12.9. The molecular formula is C23H27N3O4. The Morgan fingerprint density at radius 1 is 1.37 bits per heavy atom. The molecule has 7 heteroatoms. The molecule has 2 bridgehead atoms. The summed E-state index contributed by atoms with van der Waals surface area (Å²) in [7, 11) is 0. The number of fused-ring (bicyclic) bond motifs is 1. The molecule has 0 saturated carbocycles. The van der Waals surface area contributed by atoms with E-state index in [1.807, 2.05) is 24.0 Å². The van der Waals surface area contributed by atoms with Crippen molar-refractivity contribution in [3.63, 3.8) is 0 Å². The highest BCUT2D eigenvalue weighted by Gasteiger charge is 2.63. The molecule has 1 N–H and O–H groups in total. The van der Waals surface area contributed by atoms with Gasteiger partial charge < -0.3 is 19.4 Å². The average molecular weight is 409 g/mol. The molecule has 0 unspecified atom stereocenters. The zero-order chi connectivity index (χ0) is 20.9. The lowest BCUT2D eigenvalue weighted by Crippen LogP contribution is -2.41. The second-order valence-corrected chi connectivity index (χ2v) is 8.88. The number of amides is 2. The van der Waals surface area contributed by atoms with Gasteiger partial charge in [0, 0.05) is 37.3 Å². The number of hydrogen-bond donors (Lipinski definition) is 1. The van der Waals surface area contributed by atoms with Gasteiger partial charge in [0.1, 0.15) is 11.5 Å². The first kappa shape index (κ1) is 19.3. The predicted molar refractivity (Wildman–Crippen MR) is 109 cm³/mol. The molecule has 0 radical (unpaired) electrons. The van der Waals surface area contributed by atoms with Crippen LogP contribution >= 0.6 is 0 Å². The third-order valence-corrected chi connectivity index (χ3v) is 7.00. The van der Waals surface area contributed by atoms with E-state index in [0.29, 0.717) is 37.4 Å². The Bertz CT molecular complexity index is 972. The Kier molecular flexibility index (Phi) is 4.65. The Hall–Kier alpha value is -2.67. The molecule has 2 aromatic rings. The smallest absolute Gasteiger partial charge is 0.254 e. The number of ether oxygens (including phenoxy) is 1. The molecule has 30 heavy (non-hydrogen) atoms. The Morgan fingerprint density at radius 3 is 2.97 bits per heavy atom. The Balaban J connectivity index is 1.24. The summed E-state index contributed by atoms with van der Waals surface area (Å²) in [6, 6.07) is 5.56. The number of nitrogens with zero attached hydrogens (tertiary/aromatic N) is 2. The third kappa shape index (κ3) is 3.21. The maximum Gasteiger partial charge on any atom is 0.254 e. The van der Waals surface area contributed by atoms with E-state index in [0.717, 1.165) is 24.2 Å². The standard InChI is InChI=1S/C23H27N3O4/c1-14-8-17(15(2)29-14)22(28)25-11-18-19-12-26(13-23(19)6-5-20(18)30-23)21(27)9-16-4-3-7-24-10-16/h3-4,7-8,10,18-20H,5-6,9,11-13H2,1-2H3,(H,25,28)/t18-,19+,20+,23+/m0/s1. The van der Waals surface area contributed by atoms with Crippen molar-refractivity contribution >= 4 is 11.8 Å². The zero-order valence-corrected chi connectivity index (χ0v) is 17.4. The number of carbonyl (C=O) groups is 2. The van der Waals surface area contributed by atoms with Crippen molar-refractivity contribution in [2.75, 3.05) is 19.6 Å². The molecule has 4 atom stereocenters. The topological polar surface area (TPSA) is 84.7 Å². The summed E-state index contributed by atoms with van der Waals surface area (Å²) in [4.78, 5) is 31.5. The number of nitrogens with one attached hydrogen (secondary N) is 1. The quantitative estimate of drug-likeness (QED) is 0.819. The minimum atomic E-state index is -0.243. The van der Waals surface area contributed by atoms with Gasteiger partial charge in [-0.2, -0.15) is 0 Å². The summed E-state index contributed by atoms with van der Waals surface area (Å²) in [5.74, 6) is 1.88. The second-order valence-electron chi connectivity index (χ2n) is 8.88. The van der Waals surface area contributed by atoms with E-state index in [4.69, 9.17) is 9.15 Å². The van der Waals surface area contributed by atoms with E-state index in [1.54, 1.807) is 25.4 Å². The summed E-state index contributed by atoms with van der Waals surface area (Å²) in [6.07, 6.45) is 5.96. The van der Waals surface area contributed by atoms with Gasteiger partial charge >= 0.3 is 0 Å². The van der Waals surface area contributed by atoms with Crippen LogP contribution in [0.1, 0.15) is 40.3 Å². The van der Waals surface area contributed by atoms with Crippen LogP contribution in [0, 0.1) is 25.7 Å². The minimum absolute atomic E-state index is 0.108. The lowest BCUT2D eigenvalue weighted by molar-refractivity contribution is -0.131. The lowest BCUT2D eigenvalue weighted by Gasteiger charge is -2.29. The number of pyridine rings is 1. The van der Waals surface area contributed by atoms with E-state index < -0.39 is 0 Å². The van der Waals surface area contributed by atoms with Gasteiger partial charge in [-0.1, -0.05) is 6.07 Å². The normalized spacial score (nSPS) is 29.3. The number of carbonyl (C=O) groups excluding carboxylic acids is 2. The highest BCUT2D eigenvalue weighted by Crippen LogP contribution is 2.54. The van der Waals surface area contributed by atoms with Crippen molar-refractivity contribution in [3.8, 4) is 0 Å². The van der Waals surface area contributed by atoms with Gasteiger partial charge in [0.2, 0.25) is 5.91 Å². The number of aromatic nitrogens is 1. The van der Waals surface area contributed by atoms with Crippen molar-refractivity contribution < 1.29 is 18.7 Å². The zero-order valence-electron chi connectivity index (χ0n) is 17.4. The molecule has 7 nitrogen and oxygen atoms in total. The van der Waals surface area contributed by atoms with Crippen LogP contribution in [0.5, 0.6) is 0 Å². The van der Waals surface area contributed by atoms with Crippen LogP contribution in [0.15, 0.2) is 35.0 Å². The van der Waals surface area contributed by atoms with Crippen molar-refractivity contribution in [1.29, 1.82) is 0 Å². The molecule has 0 aliphatic carbocycles. The van der Waals surface area contributed by atoms with Crippen molar-refractivity contribution in [2.24, 2.45) is 11.8 Å². The number of hydrogen-bond acceptors (Lipinski definition) is 5. The van der Waals surface area contributed by atoms with Crippen LogP contribution < -0.4 is 5.32 Å². The summed E-state index contributed by atoms with van der Waals surface area (Å²) >= 11 is 0. The minimum Gasteiger partial charge on any atom is -0.466 e. The largest absolute Gasteiger partial charge is 0.466 e. The molecule has 3 fully saturated rings. The van der Waals surface area contributed by atoms with Crippen LogP contribution in [0.3, 0.4) is 0 Å². The van der Waals surface area contributed by atoms with Gasteiger partial charge in [-0.05, 0) is 44.4 Å². The molecule has 3 aliphatic heterocycles. The molecule has 2 aromatic heterocycles. The monoisotopic (exact) mass is 409 g/mol. The van der Waals surface area contributed by atoms with Crippen molar-refractivity contribution in [2.45, 2.75) is 44.8 Å². The number of furan rings is 1. The lowest BCUT2D eigenvalue weighted by atomic mass is 9.73. The van der Waals surface area contributed by atoms with E-state index in [2.05, 4.69) is 10.3 Å². The van der Waals surface area contributed by atoms with Crippen LogP contribution in [0.4, 0.5) is 0 Å². The molecule has 1 spiro atoms. The van der Waals surface area contributed by atoms with Crippen LogP contribution in [-0.4, -0.2) is 53.0 Å². The Labute approximate surface area is 175 Å². The first-order valence-corrected chi connectivity index (χ1v) is 10.6. The molecule has 3 saturated heterocycles. The third-order valence-electron chi connectivity index (χ3n) is 7.00. The predicted octanol–water partition coefficient (Wildman–Crippen LogP) is 2.27. The first-order valence-electron chi connectivity index (χ1n) is 10.6. The molecule has 2 amide bonds. The molecule has 158 valence electrons. The fourth-order valence-corrected chi connectivity index (χ4v) is 5.60. The van der Waals surface area contributed by atoms with Gasteiger partial charge in [0.15, 0.2) is 0 Å². The molecule has 5 rings (SSSR count). The molecular weight excluding hydrogens is 382 g/mol. The molecule has 5 heterocycles. The van der Waals surface area contributed by atoms with Gasteiger partial charge in [-0.15, -0.1) is 0 Å². The number of rotatable bonds is 5. The van der Waals surface area contributed by atoms with E-state index in [-0.39, 0.29) is 35.4 Å². The van der Waals surface area contributed by atoms with Crippen molar-refractivity contribution in [1.82, 2.24) is 15.2 Å². The number of likely N-dealkylation sites (tertiary alicyclic amines) is 1. The molecule has 3 aliphatic rings. The molecule has 0 aromatic carbocycles. The van der Waals surface area contributed by atoms with Gasteiger partial charge in [0.25, 0.3) is 5.91 Å². The average Bonchev–Trinajstić information content (AvgIpc) is 3.46. The van der Waals surface area contributed by atoms with Crippen molar-refractivity contribution in [3.05, 3.63) is 53.2 Å². The van der Waals surface area contributed by atoms with Crippen LogP contribution in [0.2, 0.25) is 0 Å². The van der Waals surface area contributed by atoms with E-state index in [1.165, 1.54) is 0 Å². The van der Waals surface area contributed by atoms with Gasteiger partial charge in [-0.25, -0.2) is 0 Å².